The Morgan fingerprint density at radius 2 is 1.35 bits per heavy atom. The standard InChI is InChI=1S/C23H31F6N3O2/c1-14(2)10-31-20(33)13-30-11-15-3-5-16(6-4-15)12-32-21(34)17-7-18(22(24,25)26)9-19(8-17)23(27,28)29/h7-9,14-16,30H,3-6,10-13H2,1-2H3,(H,31,33)(H,32,34). The van der Waals surface area contributed by atoms with Crippen molar-refractivity contribution in [2.45, 2.75) is 51.9 Å². The smallest absolute Gasteiger partial charge is 0.355 e. The van der Waals surface area contributed by atoms with Crippen LogP contribution in [0.2, 0.25) is 0 Å². The third kappa shape index (κ3) is 9.15. The van der Waals surface area contributed by atoms with E-state index in [9.17, 15) is 35.9 Å². The van der Waals surface area contributed by atoms with Crippen molar-refractivity contribution in [2.75, 3.05) is 26.2 Å². The zero-order valence-electron chi connectivity index (χ0n) is 19.2. The van der Waals surface area contributed by atoms with Gasteiger partial charge in [0.25, 0.3) is 5.91 Å². The summed E-state index contributed by atoms with van der Waals surface area (Å²) in [6.07, 6.45) is -6.77. The van der Waals surface area contributed by atoms with Crippen LogP contribution in [0.1, 0.15) is 61.0 Å². The molecule has 34 heavy (non-hydrogen) atoms. The highest BCUT2D eigenvalue weighted by Gasteiger charge is 2.37. The lowest BCUT2D eigenvalue weighted by Crippen LogP contribution is -2.38. The van der Waals surface area contributed by atoms with Crippen LogP contribution in [0.4, 0.5) is 26.3 Å². The Morgan fingerprint density at radius 1 is 0.853 bits per heavy atom. The van der Waals surface area contributed by atoms with Crippen molar-refractivity contribution in [3.05, 3.63) is 34.9 Å². The maximum atomic E-state index is 13.0. The first kappa shape index (κ1) is 27.9. The Bertz CT molecular complexity index is 799. The van der Waals surface area contributed by atoms with Gasteiger partial charge in [-0.25, -0.2) is 0 Å². The fraction of sp³-hybridized carbons (Fsp3) is 0.652. The lowest BCUT2D eigenvalue weighted by atomic mass is 9.82. The molecule has 1 aliphatic rings. The van der Waals surface area contributed by atoms with Gasteiger partial charge in [0.15, 0.2) is 0 Å². The number of amides is 2. The minimum Gasteiger partial charge on any atom is -0.355 e. The van der Waals surface area contributed by atoms with Crippen molar-refractivity contribution >= 4 is 11.8 Å². The van der Waals surface area contributed by atoms with E-state index in [1.807, 2.05) is 13.8 Å². The van der Waals surface area contributed by atoms with E-state index < -0.39 is 35.0 Å². The maximum Gasteiger partial charge on any atom is 0.416 e. The van der Waals surface area contributed by atoms with Gasteiger partial charge in [-0.2, -0.15) is 26.3 Å². The van der Waals surface area contributed by atoms with Crippen molar-refractivity contribution < 1.29 is 35.9 Å². The first-order chi connectivity index (χ1) is 15.8. The Hall–Kier alpha value is -2.30. The molecule has 0 aromatic heterocycles. The predicted octanol–water partition coefficient (Wildman–Crippen LogP) is 4.62. The molecule has 0 saturated heterocycles. The van der Waals surface area contributed by atoms with Gasteiger partial charge >= 0.3 is 12.4 Å². The molecule has 2 amide bonds. The Kier molecular flexibility index (Phi) is 9.78. The van der Waals surface area contributed by atoms with E-state index >= 15 is 0 Å². The van der Waals surface area contributed by atoms with E-state index in [4.69, 9.17) is 0 Å². The largest absolute Gasteiger partial charge is 0.416 e. The Morgan fingerprint density at radius 3 is 1.82 bits per heavy atom. The molecule has 1 fully saturated rings. The van der Waals surface area contributed by atoms with Crippen LogP contribution in [0.5, 0.6) is 0 Å². The monoisotopic (exact) mass is 495 g/mol. The molecule has 3 N–H and O–H groups in total. The highest BCUT2D eigenvalue weighted by Crippen LogP contribution is 2.36. The molecule has 5 nitrogen and oxygen atoms in total. The zero-order valence-corrected chi connectivity index (χ0v) is 19.2. The van der Waals surface area contributed by atoms with Crippen molar-refractivity contribution in [3.8, 4) is 0 Å². The van der Waals surface area contributed by atoms with Crippen LogP contribution in [0.15, 0.2) is 18.2 Å². The minimum atomic E-state index is -5.00. The molecule has 1 saturated carbocycles. The normalized spacial score (nSPS) is 19.2. The van der Waals surface area contributed by atoms with Crippen molar-refractivity contribution in [3.63, 3.8) is 0 Å². The topological polar surface area (TPSA) is 70.2 Å². The van der Waals surface area contributed by atoms with Crippen molar-refractivity contribution in [1.29, 1.82) is 0 Å². The molecule has 0 unspecified atom stereocenters. The molecule has 11 heteroatoms. The van der Waals surface area contributed by atoms with Gasteiger partial charge in [-0.05, 0) is 68.2 Å². The number of benzene rings is 1. The molecule has 1 aromatic rings. The number of carbonyl (C=O) groups is 2. The minimum absolute atomic E-state index is 0.0000478. The van der Waals surface area contributed by atoms with Gasteiger partial charge < -0.3 is 16.0 Å². The van der Waals surface area contributed by atoms with Crippen LogP contribution < -0.4 is 16.0 Å². The molecule has 2 rings (SSSR count). The number of halogens is 6. The van der Waals surface area contributed by atoms with Gasteiger partial charge in [-0.1, -0.05) is 13.8 Å². The molecular weight excluding hydrogens is 464 g/mol. The van der Waals surface area contributed by atoms with E-state index in [1.54, 1.807) is 0 Å². The second kappa shape index (κ2) is 11.9. The van der Waals surface area contributed by atoms with E-state index in [1.165, 1.54) is 0 Å². The van der Waals surface area contributed by atoms with E-state index in [0.29, 0.717) is 37.1 Å². The molecule has 0 bridgehead atoms. The fourth-order valence-electron chi connectivity index (χ4n) is 3.84. The van der Waals surface area contributed by atoms with E-state index in [-0.39, 0.29) is 31.0 Å². The van der Waals surface area contributed by atoms with Crippen LogP contribution in [0, 0.1) is 17.8 Å². The lowest BCUT2D eigenvalue weighted by Gasteiger charge is -2.28. The van der Waals surface area contributed by atoms with Crippen LogP contribution in [0.3, 0.4) is 0 Å². The summed E-state index contributed by atoms with van der Waals surface area (Å²) in [5.74, 6) is -0.203. The van der Waals surface area contributed by atoms with Gasteiger partial charge in [-0.3, -0.25) is 9.59 Å². The second-order valence-corrected chi connectivity index (χ2v) is 9.22. The molecule has 0 heterocycles. The molecule has 0 atom stereocenters. The van der Waals surface area contributed by atoms with Crippen LogP contribution in [-0.4, -0.2) is 38.0 Å². The maximum absolute atomic E-state index is 13.0. The van der Waals surface area contributed by atoms with Crippen LogP contribution >= 0.6 is 0 Å². The average molecular weight is 496 g/mol. The van der Waals surface area contributed by atoms with Gasteiger partial charge in [0.1, 0.15) is 0 Å². The van der Waals surface area contributed by atoms with E-state index in [2.05, 4.69) is 16.0 Å². The quantitative estimate of drug-likeness (QED) is 0.438. The zero-order chi connectivity index (χ0) is 25.5. The summed E-state index contributed by atoms with van der Waals surface area (Å²) in [6, 6.07) is 0.870. The Labute approximate surface area is 195 Å². The summed E-state index contributed by atoms with van der Waals surface area (Å²) < 4.78 is 77.9. The number of alkyl halides is 6. The fourth-order valence-corrected chi connectivity index (χ4v) is 3.84. The summed E-state index contributed by atoms with van der Waals surface area (Å²) in [5.41, 5.74) is -3.70. The molecule has 192 valence electrons. The van der Waals surface area contributed by atoms with Crippen LogP contribution in [0.25, 0.3) is 0 Å². The molecule has 0 aliphatic heterocycles. The van der Waals surface area contributed by atoms with Crippen molar-refractivity contribution in [1.82, 2.24) is 16.0 Å². The molecule has 0 spiro atoms. The number of rotatable bonds is 9. The number of nitrogens with one attached hydrogen (secondary N) is 3. The third-order valence-corrected chi connectivity index (χ3v) is 5.79. The first-order valence-corrected chi connectivity index (χ1v) is 11.3. The van der Waals surface area contributed by atoms with Crippen LogP contribution in [-0.2, 0) is 17.1 Å². The molecule has 0 radical (unpaired) electrons. The third-order valence-electron chi connectivity index (χ3n) is 5.79. The summed E-state index contributed by atoms with van der Waals surface area (Å²) in [5, 5.41) is 8.44. The summed E-state index contributed by atoms with van der Waals surface area (Å²) >= 11 is 0. The van der Waals surface area contributed by atoms with Gasteiger partial charge in [0.2, 0.25) is 5.91 Å². The molecular formula is C23H31F6N3O2. The highest BCUT2D eigenvalue weighted by molar-refractivity contribution is 5.94. The number of hydrogen-bond acceptors (Lipinski definition) is 3. The predicted molar refractivity (Wildman–Crippen MR) is 115 cm³/mol. The summed E-state index contributed by atoms with van der Waals surface area (Å²) in [6.45, 7) is 5.73. The Balaban J connectivity index is 1.81. The highest BCUT2D eigenvalue weighted by atomic mass is 19.4. The molecule has 1 aromatic carbocycles. The number of carbonyl (C=O) groups excluding carboxylic acids is 2. The number of hydrogen-bond donors (Lipinski definition) is 3. The van der Waals surface area contributed by atoms with Gasteiger partial charge in [0, 0.05) is 18.7 Å². The van der Waals surface area contributed by atoms with Crippen molar-refractivity contribution in [2.24, 2.45) is 17.8 Å². The van der Waals surface area contributed by atoms with Gasteiger partial charge in [0.05, 0.1) is 17.7 Å². The lowest BCUT2D eigenvalue weighted by molar-refractivity contribution is -0.143. The second-order valence-electron chi connectivity index (χ2n) is 9.22. The summed E-state index contributed by atoms with van der Waals surface area (Å²) in [7, 11) is 0. The average Bonchev–Trinajstić information content (AvgIpc) is 2.75. The molecule has 1 aliphatic carbocycles. The SMILES string of the molecule is CC(C)CNC(=O)CNCC1CCC(CNC(=O)c2cc(C(F)(F)F)cc(C(F)(F)F)c2)CC1. The summed E-state index contributed by atoms with van der Waals surface area (Å²) in [4.78, 5) is 24.0. The first-order valence-electron chi connectivity index (χ1n) is 11.3. The van der Waals surface area contributed by atoms with Gasteiger partial charge in [-0.15, -0.1) is 0 Å². The van der Waals surface area contributed by atoms with E-state index in [0.717, 1.165) is 25.7 Å².